The highest BCUT2D eigenvalue weighted by Crippen LogP contribution is 2.34. The van der Waals surface area contributed by atoms with Crippen LogP contribution < -0.4 is 10.1 Å². The van der Waals surface area contributed by atoms with Crippen LogP contribution >= 0.6 is 0 Å². The van der Waals surface area contributed by atoms with Gasteiger partial charge in [0, 0.05) is 12.1 Å². The molecule has 9 heteroatoms. The van der Waals surface area contributed by atoms with Gasteiger partial charge in [-0.15, -0.1) is 0 Å². The van der Waals surface area contributed by atoms with Gasteiger partial charge in [-0.3, -0.25) is 14.9 Å². The summed E-state index contributed by atoms with van der Waals surface area (Å²) < 4.78 is 43.8. The molecule has 6 nitrogen and oxygen atoms in total. The predicted octanol–water partition coefficient (Wildman–Crippen LogP) is 3.94. The second-order valence-corrected chi connectivity index (χ2v) is 5.09. The number of anilines is 1. The molecular weight excluding hydrogens is 341 g/mol. The van der Waals surface area contributed by atoms with E-state index in [-0.39, 0.29) is 17.1 Å². The Morgan fingerprint density at radius 1 is 1.24 bits per heavy atom. The molecule has 0 aliphatic rings. The minimum atomic E-state index is -4.60. The molecule has 1 N–H and O–H groups in total. The molecule has 2 aromatic rings. The van der Waals surface area contributed by atoms with Gasteiger partial charge in [-0.2, -0.15) is 13.2 Å². The molecule has 25 heavy (non-hydrogen) atoms. The number of hydrogen-bond donors (Lipinski definition) is 1. The van der Waals surface area contributed by atoms with Crippen molar-refractivity contribution in [2.24, 2.45) is 0 Å². The lowest BCUT2D eigenvalue weighted by Gasteiger charge is -2.14. The molecule has 0 atom stereocenters. The molecule has 0 unspecified atom stereocenters. The number of benzene rings is 2. The van der Waals surface area contributed by atoms with Crippen LogP contribution in [0.4, 0.5) is 24.5 Å². The molecule has 1 amide bonds. The smallest absolute Gasteiger partial charge is 0.418 e. The third kappa shape index (κ3) is 4.69. The van der Waals surface area contributed by atoms with Crippen molar-refractivity contribution in [3.63, 3.8) is 0 Å². The minimum absolute atomic E-state index is 0.131. The van der Waals surface area contributed by atoms with E-state index in [9.17, 15) is 28.1 Å². The van der Waals surface area contributed by atoms with E-state index in [0.29, 0.717) is 5.56 Å². The van der Waals surface area contributed by atoms with Gasteiger partial charge in [0.1, 0.15) is 5.75 Å². The number of aryl methyl sites for hydroxylation is 1. The molecule has 0 radical (unpaired) electrons. The highest BCUT2D eigenvalue weighted by Gasteiger charge is 2.33. The molecule has 0 saturated carbocycles. The molecular formula is C16H13F3N2O4. The van der Waals surface area contributed by atoms with Crippen molar-refractivity contribution in [1.29, 1.82) is 0 Å². The summed E-state index contributed by atoms with van der Waals surface area (Å²) in [6.45, 7) is 1.02. The molecule has 0 fully saturated rings. The van der Waals surface area contributed by atoms with Crippen molar-refractivity contribution in [2.45, 2.75) is 13.1 Å². The summed E-state index contributed by atoms with van der Waals surface area (Å²) in [6.07, 6.45) is -4.60. The number of nitrogens with one attached hydrogen (secondary N) is 1. The van der Waals surface area contributed by atoms with E-state index in [2.05, 4.69) is 5.32 Å². The highest BCUT2D eigenvalue weighted by atomic mass is 19.4. The van der Waals surface area contributed by atoms with Gasteiger partial charge in [-0.25, -0.2) is 0 Å². The topological polar surface area (TPSA) is 81.5 Å². The lowest BCUT2D eigenvalue weighted by atomic mass is 10.1. The van der Waals surface area contributed by atoms with E-state index >= 15 is 0 Å². The fourth-order valence-electron chi connectivity index (χ4n) is 2.08. The Morgan fingerprint density at radius 2 is 1.92 bits per heavy atom. The number of halogens is 3. The SMILES string of the molecule is Cc1cc([N+](=O)[O-])ccc1OCC(=O)Nc1ccccc1C(F)(F)F. The molecule has 0 spiro atoms. The molecule has 0 heterocycles. The summed E-state index contributed by atoms with van der Waals surface area (Å²) in [7, 11) is 0. The van der Waals surface area contributed by atoms with Crippen molar-refractivity contribution in [3.8, 4) is 5.75 Å². The molecule has 2 aromatic carbocycles. The zero-order valence-corrected chi connectivity index (χ0v) is 13.0. The Kier molecular flexibility index (Phi) is 5.26. The van der Waals surface area contributed by atoms with Crippen LogP contribution in [-0.4, -0.2) is 17.4 Å². The van der Waals surface area contributed by atoms with Gasteiger partial charge in [0.25, 0.3) is 11.6 Å². The van der Waals surface area contributed by atoms with E-state index in [1.54, 1.807) is 6.92 Å². The normalized spacial score (nSPS) is 11.0. The first kappa shape index (κ1) is 18.2. The van der Waals surface area contributed by atoms with Crippen LogP contribution in [0.3, 0.4) is 0 Å². The molecule has 0 saturated heterocycles. The average molecular weight is 354 g/mol. The maximum atomic E-state index is 12.9. The predicted molar refractivity (Wildman–Crippen MR) is 83.4 cm³/mol. The fourth-order valence-corrected chi connectivity index (χ4v) is 2.08. The van der Waals surface area contributed by atoms with Crippen molar-refractivity contribution in [2.75, 3.05) is 11.9 Å². The summed E-state index contributed by atoms with van der Waals surface area (Å²) >= 11 is 0. The van der Waals surface area contributed by atoms with Gasteiger partial charge in [0.05, 0.1) is 16.2 Å². The monoisotopic (exact) mass is 354 g/mol. The summed E-state index contributed by atoms with van der Waals surface area (Å²) in [4.78, 5) is 21.9. The number of rotatable bonds is 5. The molecule has 0 aliphatic carbocycles. The van der Waals surface area contributed by atoms with Gasteiger partial charge >= 0.3 is 6.18 Å². The summed E-state index contributed by atoms with van der Waals surface area (Å²) in [5.74, 6) is -0.556. The van der Waals surface area contributed by atoms with Crippen LogP contribution in [0.1, 0.15) is 11.1 Å². The maximum Gasteiger partial charge on any atom is 0.418 e. The second-order valence-electron chi connectivity index (χ2n) is 5.09. The van der Waals surface area contributed by atoms with E-state index in [0.717, 1.165) is 12.1 Å². The van der Waals surface area contributed by atoms with Gasteiger partial charge < -0.3 is 10.1 Å². The zero-order chi connectivity index (χ0) is 18.6. The van der Waals surface area contributed by atoms with Crippen molar-refractivity contribution in [1.82, 2.24) is 0 Å². The Morgan fingerprint density at radius 3 is 2.52 bits per heavy atom. The molecule has 0 bridgehead atoms. The first-order valence-corrected chi connectivity index (χ1v) is 7.02. The number of nitrogens with zero attached hydrogens (tertiary/aromatic N) is 1. The summed E-state index contributed by atoms with van der Waals surface area (Å²) in [6, 6.07) is 8.38. The molecule has 2 rings (SSSR count). The third-order valence-electron chi connectivity index (χ3n) is 3.23. The number of amides is 1. The highest BCUT2D eigenvalue weighted by molar-refractivity contribution is 5.92. The molecule has 132 valence electrons. The summed E-state index contributed by atoms with van der Waals surface area (Å²) in [5.41, 5.74) is -1.04. The first-order valence-electron chi connectivity index (χ1n) is 7.02. The Bertz CT molecular complexity index is 806. The lowest BCUT2D eigenvalue weighted by Crippen LogP contribution is -2.22. The van der Waals surface area contributed by atoms with Crippen LogP contribution in [0.5, 0.6) is 5.75 Å². The van der Waals surface area contributed by atoms with Crippen LogP contribution in [0.15, 0.2) is 42.5 Å². The number of ether oxygens (including phenoxy) is 1. The van der Waals surface area contributed by atoms with Gasteiger partial charge in [-0.1, -0.05) is 12.1 Å². The van der Waals surface area contributed by atoms with Crippen LogP contribution in [0.2, 0.25) is 0 Å². The summed E-state index contributed by atoms with van der Waals surface area (Å²) in [5, 5.41) is 12.8. The largest absolute Gasteiger partial charge is 0.483 e. The fraction of sp³-hybridized carbons (Fsp3) is 0.188. The van der Waals surface area contributed by atoms with Gasteiger partial charge in [0.15, 0.2) is 6.61 Å². The number of alkyl halides is 3. The van der Waals surface area contributed by atoms with Crippen molar-refractivity contribution >= 4 is 17.3 Å². The van der Waals surface area contributed by atoms with Gasteiger partial charge in [0.2, 0.25) is 0 Å². The van der Waals surface area contributed by atoms with Crippen LogP contribution in [0.25, 0.3) is 0 Å². The number of nitro groups is 1. The standard InChI is InChI=1S/C16H13F3N2O4/c1-10-8-11(21(23)24)6-7-14(10)25-9-15(22)20-13-5-3-2-4-12(13)16(17,18)19/h2-8H,9H2,1H3,(H,20,22). The molecule has 0 aliphatic heterocycles. The number of carbonyl (C=O) groups is 1. The van der Waals surface area contributed by atoms with E-state index in [1.165, 1.54) is 30.3 Å². The third-order valence-corrected chi connectivity index (χ3v) is 3.23. The first-order chi connectivity index (χ1) is 11.7. The van der Waals surface area contributed by atoms with E-state index in [4.69, 9.17) is 4.74 Å². The maximum absolute atomic E-state index is 12.9. The average Bonchev–Trinajstić information content (AvgIpc) is 2.53. The number of carbonyl (C=O) groups excluding carboxylic acids is 1. The van der Waals surface area contributed by atoms with Gasteiger partial charge in [-0.05, 0) is 30.7 Å². The number of non-ortho nitro benzene ring substituents is 1. The molecule has 0 aromatic heterocycles. The Balaban J connectivity index is 2.04. The lowest BCUT2D eigenvalue weighted by molar-refractivity contribution is -0.384. The zero-order valence-electron chi connectivity index (χ0n) is 13.0. The van der Waals surface area contributed by atoms with E-state index < -0.39 is 29.2 Å². The Labute approximate surface area is 140 Å². The Hall–Kier alpha value is -3.10. The van der Waals surface area contributed by atoms with Crippen molar-refractivity contribution in [3.05, 3.63) is 63.7 Å². The number of para-hydroxylation sites is 1. The van der Waals surface area contributed by atoms with Crippen LogP contribution in [0, 0.1) is 17.0 Å². The number of hydrogen-bond acceptors (Lipinski definition) is 4. The number of nitro benzene ring substituents is 1. The minimum Gasteiger partial charge on any atom is -0.483 e. The second kappa shape index (κ2) is 7.20. The van der Waals surface area contributed by atoms with Crippen molar-refractivity contribution < 1.29 is 27.6 Å². The quantitative estimate of drug-likeness (QED) is 0.651. The van der Waals surface area contributed by atoms with E-state index in [1.807, 2.05) is 0 Å². The van der Waals surface area contributed by atoms with Crippen LogP contribution in [-0.2, 0) is 11.0 Å².